The molecule has 1 aromatic heterocycles. The maximum atomic E-state index is 12.3. The number of sulfonamides is 1. The minimum Gasteiger partial charge on any atom is -0.397 e. The number of hydrogen-bond acceptors (Lipinski definition) is 6. The Balaban J connectivity index is 2.48. The van der Waals surface area contributed by atoms with E-state index in [0.717, 1.165) is 0 Å². The first-order chi connectivity index (χ1) is 8.81. The van der Waals surface area contributed by atoms with Gasteiger partial charge in [-0.2, -0.15) is 4.98 Å². The van der Waals surface area contributed by atoms with Crippen molar-refractivity contribution in [3.05, 3.63) is 29.1 Å². The van der Waals surface area contributed by atoms with E-state index < -0.39 is 10.0 Å². The fourth-order valence-corrected chi connectivity index (χ4v) is 3.03. The number of hydrogen-bond donors (Lipinski definition) is 2. The first-order valence-corrected chi connectivity index (χ1v) is 6.98. The molecule has 0 fully saturated rings. The van der Waals surface area contributed by atoms with Gasteiger partial charge in [0.1, 0.15) is 4.90 Å². The molecule has 8 heteroatoms. The summed E-state index contributed by atoms with van der Waals surface area (Å²) >= 11 is 0. The van der Waals surface area contributed by atoms with Crippen molar-refractivity contribution in [1.29, 1.82) is 0 Å². The molecule has 0 saturated carbocycles. The summed E-state index contributed by atoms with van der Waals surface area (Å²) in [6.45, 7) is 5.00. The Hall–Kier alpha value is -2.09. The van der Waals surface area contributed by atoms with Crippen LogP contribution in [-0.4, -0.2) is 18.6 Å². The van der Waals surface area contributed by atoms with E-state index in [0.29, 0.717) is 17.0 Å². The second-order valence-electron chi connectivity index (χ2n) is 4.19. The number of nitrogens with zero attached hydrogens (tertiary/aromatic N) is 2. The maximum absolute atomic E-state index is 12.3. The Labute approximate surface area is 110 Å². The van der Waals surface area contributed by atoms with E-state index in [1.165, 1.54) is 0 Å². The topological polar surface area (TPSA) is 111 Å². The number of anilines is 2. The molecule has 19 heavy (non-hydrogen) atoms. The zero-order valence-corrected chi connectivity index (χ0v) is 11.6. The van der Waals surface area contributed by atoms with E-state index >= 15 is 0 Å². The summed E-state index contributed by atoms with van der Waals surface area (Å²) in [5.41, 5.74) is 7.29. The molecule has 0 aliphatic heterocycles. The van der Waals surface area contributed by atoms with E-state index in [9.17, 15) is 8.42 Å². The molecule has 0 bridgehead atoms. The molecule has 0 amide bonds. The number of aromatic nitrogens is 2. The van der Waals surface area contributed by atoms with Gasteiger partial charge in [0.2, 0.25) is 0 Å². The average molecular weight is 282 g/mol. The third-order valence-electron chi connectivity index (χ3n) is 2.63. The summed E-state index contributed by atoms with van der Waals surface area (Å²) in [5.74, 6) is 0.339. The molecule has 0 aliphatic rings. The highest BCUT2D eigenvalue weighted by Gasteiger charge is 2.23. The average Bonchev–Trinajstić information content (AvgIpc) is 2.68. The molecular formula is C11H14N4O3S. The first-order valence-electron chi connectivity index (χ1n) is 5.50. The smallest absolute Gasteiger partial charge is 0.335 e. The first kappa shape index (κ1) is 13.3. The molecule has 0 spiro atoms. The summed E-state index contributed by atoms with van der Waals surface area (Å²) < 4.78 is 31.5. The van der Waals surface area contributed by atoms with Crippen LogP contribution in [-0.2, 0) is 10.0 Å². The highest BCUT2D eigenvalue weighted by Crippen LogP contribution is 2.27. The van der Waals surface area contributed by atoms with Crippen molar-refractivity contribution >= 4 is 21.7 Å². The van der Waals surface area contributed by atoms with Crippen molar-refractivity contribution in [3.8, 4) is 0 Å². The summed E-state index contributed by atoms with van der Waals surface area (Å²) in [4.78, 5) is 3.83. The van der Waals surface area contributed by atoms with Crippen molar-refractivity contribution in [3.63, 3.8) is 0 Å². The summed E-state index contributed by atoms with van der Waals surface area (Å²) in [5, 5.41) is 3.51. The normalized spacial score (nSPS) is 11.5. The number of nitrogens with two attached hydrogens (primary N) is 1. The summed E-state index contributed by atoms with van der Waals surface area (Å²) in [7, 11) is -3.86. The van der Waals surface area contributed by atoms with Crippen molar-refractivity contribution in [1.82, 2.24) is 10.1 Å². The van der Waals surface area contributed by atoms with Crippen molar-refractivity contribution < 1.29 is 12.9 Å². The van der Waals surface area contributed by atoms with E-state index in [1.807, 2.05) is 0 Å². The fourth-order valence-electron chi connectivity index (χ4n) is 1.67. The fraction of sp³-hybridized carbons (Fsp3) is 0.273. The molecule has 0 atom stereocenters. The van der Waals surface area contributed by atoms with Crippen LogP contribution >= 0.6 is 0 Å². The lowest BCUT2D eigenvalue weighted by Gasteiger charge is -2.12. The Bertz CT molecular complexity index is 722. The minimum atomic E-state index is -3.86. The second kappa shape index (κ2) is 4.54. The monoisotopic (exact) mass is 282 g/mol. The number of nitrogen functional groups attached to an aromatic ring is 1. The van der Waals surface area contributed by atoms with E-state index in [2.05, 4.69) is 14.9 Å². The van der Waals surface area contributed by atoms with Crippen LogP contribution in [0, 0.1) is 20.8 Å². The zero-order valence-electron chi connectivity index (χ0n) is 10.8. The Kier molecular flexibility index (Phi) is 3.19. The SMILES string of the molecule is Cc1noc(NS(=O)(=O)c2c(C)ccc(C)c2N)n1. The number of rotatable bonds is 3. The van der Waals surface area contributed by atoms with Gasteiger partial charge in [-0.1, -0.05) is 17.3 Å². The number of nitrogens with one attached hydrogen (secondary N) is 1. The summed E-state index contributed by atoms with van der Waals surface area (Å²) in [6, 6.07) is 3.28. The van der Waals surface area contributed by atoms with Gasteiger partial charge in [-0.25, -0.2) is 13.1 Å². The van der Waals surface area contributed by atoms with Crippen LogP contribution in [0.1, 0.15) is 17.0 Å². The molecule has 0 aliphatic carbocycles. The van der Waals surface area contributed by atoms with Crippen molar-refractivity contribution in [2.75, 3.05) is 10.5 Å². The van der Waals surface area contributed by atoms with Gasteiger partial charge in [0.15, 0.2) is 5.82 Å². The van der Waals surface area contributed by atoms with E-state index in [-0.39, 0.29) is 16.6 Å². The maximum Gasteiger partial charge on any atom is 0.335 e. The molecule has 3 N–H and O–H groups in total. The van der Waals surface area contributed by atoms with Gasteiger partial charge in [-0.3, -0.25) is 0 Å². The lowest BCUT2D eigenvalue weighted by molar-refractivity contribution is 0.429. The molecule has 102 valence electrons. The lowest BCUT2D eigenvalue weighted by Crippen LogP contribution is -2.17. The van der Waals surface area contributed by atoms with Crippen LogP contribution in [0.3, 0.4) is 0 Å². The van der Waals surface area contributed by atoms with Gasteiger partial charge >= 0.3 is 6.01 Å². The van der Waals surface area contributed by atoms with Crippen LogP contribution in [0.15, 0.2) is 21.6 Å². The zero-order chi connectivity index (χ0) is 14.2. The molecule has 0 unspecified atom stereocenters. The predicted octanol–water partition coefficient (Wildman–Crippen LogP) is 1.38. The predicted molar refractivity (Wildman–Crippen MR) is 70.2 cm³/mol. The minimum absolute atomic E-state index is 0.0309. The molecule has 1 heterocycles. The molecule has 1 aromatic carbocycles. The van der Waals surface area contributed by atoms with Crippen molar-refractivity contribution in [2.45, 2.75) is 25.7 Å². The summed E-state index contributed by atoms with van der Waals surface area (Å²) in [6.07, 6.45) is 0. The Morgan fingerprint density at radius 2 is 1.84 bits per heavy atom. The molecule has 0 radical (unpaired) electrons. The third-order valence-corrected chi connectivity index (χ3v) is 4.15. The molecule has 7 nitrogen and oxygen atoms in total. The van der Waals surface area contributed by atoms with Gasteiger partial charge < -0.3 is 10.3 Å². The second-order valence-corrected chi connectivity index (χ2v) is 5.81. The van der Waals surface area contributed by atoms with Gasteiger partial charge in [0.25, 0.3) is 10.0 Å². The largest absolute Gasteiger partial charge is 0.397 e. The Morgan fingerprint density at radius 1 is 1.21 bits per heavy atom. The molecular weight excluding hydrogens is 268 g/mol. The van der Waals surface area contributed by atoms with Crippen LogP contribution < -0.4 is 10.5 Å². The lowest BCUT2D eigenvalue weighted by atomic mass is 10.1. The number of benzene rings is 1. The van der Waals surface area contributed by atoms with Crippen LogP contribution in [0.4, 0.5) is 11.7 Å². The van der Waals surface area contributed by atoms with Crippen LogP contribution in [0.25, 0.3) is 0 Å². The highest BCUT2D eigenvalue weighted by atomic mass is 32.2. The number of aryl methyl sites for hydroxylation is 3. The van der Waals surface area contributed by atoms with Crippen LogP contribution in [0.5, 0.6) is 0 Å². The van der Waals surface area contributed by atoms with Gasteiger partial charge in [0, 0.05) is 0 Å². The van der Waals surface area contributed by atoms with Crippen molar-refractivity contribution in [2.24, 2.45) is 0 Å². The molecule has 2 rings (SSSR count). The van der Waals surface area contributed by atoms with E-state index in [1.54, 1.807) is 32.9 Å². The van der Waals surface area contributed by atoms with Gasteiger partial charge in [-0.15, -0.1) is 0 Å². The van der Waals surface area contributed by atoms with E-state index in [4.69, 9.17) is 10.3 Å². The Morgan fingerprint density at radius 3 is 2.42 bits per heavy atom. The highest BCUT2D eigenvalue weighted by molar-refractivity contribution is 7.93. The van der Waals surface area contributed by atoms with Gasteiger partial charge in [-0.05, 0) is 31.9 Å². The standard InChI is InChI=1S/C11H14N4O3S/c1-6-4-5-7(2)10(9(6)12)19(16,17)15-11-13-8(3)14-18-11/h4-5H,12H2,1-3H3,(H,13,14,15). The molecule has 2 aromatic rings. The quantitative estimate of drug-likeness (QED) is 0.823. The van der Waals surface area contributed by atoms with Gasteiger partial charge in [0.05, 0.1) is 5.69 Å². The van der Waals surface area contributed by atoms with Crippen LogP contribution in [0.2, 0.25) is 0 Å². The molecule has 0 saturated heterocycles. The third kappa shape index (κ3) is 2.53.